The lowest BCUT2D eigenvalue weighted by Crippen LogP contribution is -2.05. The Hall–Kier alpha value is -2.00. The summed E-state index contributed by atoms with van der Waals surface area (Å²) in [5.41, 5.74) is 8.49. The summed E-state index contributed by atoms with van der Waals surface area (Å²) in [6, 6.07) is 12.2. The van der Waals surface area contributed by atoms with Gasteiger partial charge in [-0.2, -0.15) is 0 Å². The molecule has 0 spiro atoms. The molecule has 98 valence electrons. The van der Waals surface area contributed by atoms with Gasteiger partial charge in [-0.25, -0.2) is 4.79 Å². The summed E-state index contributed by atoms with van der Waals surface area (Å²) in [4.78, 5) is 11.8. The molecule has 0 bridgehead atoms. The number of nitrogens with two attached hydrogens (primary N) is 1. The minimum absolute atomic E-state index is 0.155. The molecule has 0 aliphatic heterocycles. The van der Waals surface area contributed by atoms with Gasteiger partial charge in [-0.15, -0.1) is 0 Å². The molecule has 0 aromatic heterocycles. The van der Waals surface area contributed by atoms with Crippen LogP contribution in [0.4, 0.5) is 5.69 Å². The van der Waals surface area contributed by atoms with Crippen molar-refractivity contribution in [2.24, 2.45) is 0 Å². The smallest absolute Gasteiger partial charge is 0.338 e. The van der Waals surface area contributed by atoms with Crippen LogP contribution in [0.5, 0.6) is 0 Å². The van der Waals surface area contributed by atoms with E-state index in [1.165, 1.54) is 0 Å². The lowest BCUT2D eigenvalue weighted by Gasteiger charge is -2.07. The summed E-state index contributed by atoms with van der Waals surface area (Å²) >= 11 is 6.07. The van der Waals surface area contributed by atoms with Crippen LogP contribution in [0.15, 0.2) is 42.5 Å². The Bertz CT molecular complexity index is 594. The fourth-order valence-corrected chi connectivity index (χ4v) is 1.90. The van der Waals surface area contributed by atoms with Gasteiger partial charge in [0, 0.05) is 16.3 Å². The highest BCUT2D eigenvalue weighted by molar-refractivity contribution is 6.31. The lowest BCUT2D eigenvalue weighted by atomic mass is 10.1. The highest BCUT2D eigenvalue weighted by Gasteiger charge is 2.08. The standard InChI is InChI=1S/C15H14ClNO2/c1-10-2-3-12(14(16)8-10)9-19-15(18)11-4-6-13(17)7-5-11/h2-8H,9,17H2,1H3. The first kappa shape index (κ1) is 13.4. The molecule has 3 nitrogen and oxygen atoms in total. The van der Waals surface area contributed by atoms with E-state index in [4.69, 9.17) is 22.1 Å². The zero-order valence-electron chi connectivity index (χ0n) is 10.5. The minimum Gasteiger partial charge on any atom is -0.457 e. The summed E-state index contributed by atoms with van der Waals surface area (Å²) in [6.45, 7) is 2.11. The molecular weight excluding hydrogens is 262 g/mol. The topological polar surface area (TPSA) is 52.3 Å². The van der Waals surface area contributed by atoms with E-state index in [9.17, 15) is 4.79 Å². The van der Waals surface area contributed by atoms with Crippen molar-refractivity contribution in [3.05, 3.63) is 64.2 Å². The average Bonchev–Trinajstić information content (AvgIpc) is 2.38. The number of anilines is 1. The van der Waals surface area contributed by atoms with Gasteiger partial charge in [-0.1, -0.05) is 23.7 Å². The molecule has 0 heterocycles. The van der Waals surface area contributed by atoms with Crippen molar-refractivity contribution >= 4 is 23.3 Å². The molecule has 0 aliphatic carbocycles. The number of hydrogen-bond donors (Lipinski definition) is 1. The van der Waals surface area contributed by atoms with Crippen LogP contribution in [0.2, 0.25) is 5.02 Å². The minimum atomic E-state index is -0.392. The van der Waals surface area contributed by atoms with Gasteiger partial charge in [0.1, 0.15) is 6.61 Å². The number of ether oxygens (including phenoxy) is 1. The van der Waals surface area contributed by atoms with Gasteiger partial charge in [0.2, 0.25) is 0 Å². The van der Waals surface area contributed by atoms with Gasteiger partial charge in [-0.05, 0) is 42.8 Å². The number of halogens is 1. The van der Waals surface area contributed by atoms with E-state index in [2.05, 4.69) is 0 Å². The van der Waals surface area contributed by atoms with E-state index < -0.39 is 5.97 Å². The van der Waals surface area contributed by atoms with Gasteiger partial charge in [-0.3, -0.25) is 0 Å². The van der Waals surface area contributed by atoms with Crippen molar-refractivity contribution in [1.82, 2.24) is 0 Å². The van der Waals surface area contributed by atoms with Crippen LogP contribution in [-0.2, 0) is 11.3 Å². The molecule has 2 aromatic carbocycles. The van der Waals surface area contributed by atoms with Gasteiger partial charge in [0.25, 0.3) is 0 Å². The Labute approximate surface area is 117 Å². The van der Waals surface area contributed by atoms with Crippen molar-refractivity contribution in [1.29, 1.82) is 0 Å². The molecule has 0 atom stereocenters. The maximum absolute atomic E-state index is 11.8. The van der Waals surface area contributed by atoms with Crippen LogP contribution in [0, 0.1) is 6.92 Å². The highest BCUT2D eigenvalue weighted by Crippen LogP contribution is 2.19. The quantitative estimate of drug-likeness (QED) is 0.688. The van der Waals surface area contributed by atoms with Gasteiger partial charge in [0.05, 0.1) is 5.56 Å². The Morgan fingerprint density at radius 2 is 1.89 bits per heavy atom. The van der Waals surface area contributed by atoms with Gasteiger partial charge in [0.15, 0.2) is 0 Å². The van der Waals surface area contributed by atoms with Crippen LogP contribution in [0.25, 0.3) is 0 Å². The van der Waals surface area contributed by atoms with Crippen LogP contribution in [0.3, 0.4) is 0 Å². The summed E-state index contributed by atoms with van der Waals surface area (Å²) in [5.74, 6) is -0.392. The van der Waals surface area contributed by atoms with Crippen molar-refractivity contribution in [2.45, 2.75) is 13.5 Å². The average molecular weight is 276 g/mol. The van der Waals surface area contributed by atoms with Crippen molar-refractivity contribution in [3.8, 4) is 0 Å². The van der Waals surface area contributed by atoms with Crippen LogP contribution >= 0.6 is 11.6 Å². The number of carbonyl (C=O) groups is 1. The van der Waals surface area contributed by atoms with E-state index in [0.717, 1.165) is 11.1 Å². The summed E-state index contributed by atoms with van der Waals surface area (Å²) in [7, 11) is 0. The highest BCUT2D eigenvalue weighted by atomic mass is 35.5. The molecule has 2 N–H and O–H groups in total. The first-order valence-corrected chi connectivity index (χ1v) is 6.22. The monoisotopic (exact) mass is 275 g/mol. The largest absolute Gasteiger partial charge is 0.457 e. The third-order valence-corrected chi connectivity index (χ3v) is 3.07. The molecule has 19 heavy (non-hydrogen) atoms. The molecule has 0 saturated carbocycles. The maximum atomic E-state index is 11.8. The van der Waals surface area contributed by atoms with E-state index in [0.29, 0.717) is 16.3 Å². The van der Waals surface area contributed by atoms with E-state index >= 15 is 0 Å². The molecule has 0 saturated heterocycles. The Kier molecular flexibility index (Phi) is 4.07. The molecule has 2 rings (SSSR count). The molecule has 2 aromatic rings. The molecular formula is C15H14ClNO2. The van der Waals surface area contributed by atoms with Gasteiger partial charge >= 0.3 is 5.97 Å². The molecule has 0 unspecified atom stereocenters. The van der Waals surface area contributed by atoms with Crippen molar-refractivity contribution in [2.75, 3.05) is 5.73 Å². The number of rotatable bonds is 3. The second-order valence-electron chi connectivity index (χ2n) is 4.29. The Morgan fingerprint density at radius 3 is 2.53 bits per heavy atom. The molecule has 0 amide bonds. The van der Waals surface area contributed by atoms with Crippen LogP contribution < -0.4 is 5.73 Å². The zero-order chi connectivity index (χ0) is 13.8. The predicted molar refractivity (Wildman–Crippen MR) is 76.2 cm³/mol. The number of aryl methyl sites for hydroxylation is 1. The predicted octanol–water partition coefficient (Wildman–Crippen LogP) is 3.59. The van der Waals surface area contributed by atoms with E-state index in [1.807, 2.05) is 25.1 Å². The third kappa shape index (κ3) is 3.48. The molecule has 0 radical (unpaired) electrons. The summed E-state index contributed by atoms with van der Waals surface area (Å²) in [6.07, 6.45) is 0. The number of nitrogen functional groups attached to an aromatic ring is 1. The van der Waals surface area contributed by atoms with Crippen molar-refractivity contribution in [3.63, 3.8) is 0 Å². The molecule has 0 fully saturated rings. The third-order valence-electron chi connectivity index (χ3n) is 2.71. The fraction of sp³-hybridized carbons (Fsp3) is 0.133. The maximum Gasteiger partial charge on any atom is 0.338 e. The zero-order valence-corrected chi connectivity index (χ0v) is 11.3. The van der Waals surface area contributed by atoms with E-state index in [1.54, 1.807) is 24.3 Å². The lowest BCUT2D eigenvalue weighted by molar-refractivity contribution is 0.0473. The summed E-state index contributed by atoms with van der Waals surface area (Å²) in [5, 5.41) is 0.602. The van der Waals surface area contributed by atoms with Crippen molar-refractivity contribution < 1.29 is 9.53 Å². The second kappa shape index (κ2) is 5.76. The van der Waals surface area contributed by atoms with Gasteiger partial charge < -0.3 is 10.5 Å². The molecule has 4 heteroatoms. The first-order chi connectivity index (χ1) is 9.06. The Morgan fingerprint density at radius 1 is 1.21 bits per heavy atom. The summed E-state index contributed by atoms with van der Waals surface area (Å²) < 4.78 is 5.21. The Balaban J connectivity index is 2.02. The fourth-order valence-electron chi connectivity index (χ4n) is 1.62. The SMILES string of the molecule is Cc1ccc(COC(=O)c2ccc(N)cc2)c(Cl)c1. The first-order valence-electron chi connectivity index (χ1n) is 5.84. The normalized spacial score (nSPS) is 10.2. The van der Waals surface area contributed by atoms with Crippen LogP contribution in [0.1, 0.15) is 21.5 Å². The van der Waals surface area contributed by atoms with E-state index in [-0.39, 0.29) is 6.61 Å². The number of hydrogen-bond acceptors (Lipinski definition) is 3. The number of benzene rings is 2. The number of esters is 1. The van der Waals surface area contributed by atoms with Crippen LogP contribution in [-0.4, -0.2) is 5.97 Å². The molecule has 0 aliphatic rings. The second-order valence-corrected chi connectivity index (χ2v) is 4.70. The number of carbonyl (C=O) groups excluding carboxylic acids is 1.